The SMILES string of the molecule is NC(=O)N(O)Cc1ccccc1[N+](=O)[O-]. The van der Waals surface area contributed by atoms with Crippen molar-refractivity contribution in [2.75, 3.05) is 0 Å². The number of amides is 2. The van der Waals surface area contributed by atoms with Crippen LogP contribution < -0.4 is 5.73 Å². The van der Waals surface area contributed by atoms with E-state index in [2.05, 4.69) is 0 Å². The average Bonchev–Trinajstić information content (AvgIpc) is 2.18. The van der Waals surface area contributed by atoms with Gasteiger partial charge in [-0.15, -0.1) is 0 Å². The summed E-state index contributed by atoms with van der Waals surface area (Å²) in [7, 11) is 0. The van der Waals surface area contributed by atoms with Gasteiger partial charge in [0.15, 0.2) is 0 Å². The molecule has 0 saturated heterocycles. The summed E-state index contributed by atoms with van der Waals surface area (Å²) in [6, 6.07) is 4.72. The quantitative estimate of drug-likeness (QED) is 0.439. The number of hydrogen-bond donors (Lipinski definition) is 2. The van der Waals surface area contributed by atoms with Gasteiger partial charge in [-0.05, 0) is 0 Å². The molecule has 3 N–H and O–H groups in total. The lowest BCUT2D eigenvalue weighted by molar-refractivity contribution is -0.385. The molecule has 80 valence electrons. The van der Waals surface area contributed by atoms with E-state index in [4.69, 9.17) is 10.9 Å². The van der Waals surface area contributed by atoms with Crippen molar-refractivity contribution in [3.63, 3.8) is 0 Å². The molecule has 0 aliphatic heterocycles. The monoisotopic (exact) mass is 211 g/mol. The first-order chi connectivity index (χ1) is 7.02. The van der Waals surface area contributed by atoms with E-state index in [1.54, 1.807) is 6.07 Å². The summed E-state index contributed by atoms with van der Waals surface area (Å²) in [4.78, 5) is 20.5. The summed E-state index contributed by atoms with van der Waals surface area (Å²) in [5, 5.41) is 19.8. The fraction of sp³-hybridized carbons (Fsp3) is 0.125. The molecule has 0 fully saturated rings. The van der Waals surface area contributed by atoms with E-state index in [1.807, 2.05) is 0 Å². The minimum Gasteiger partial charge on any atom is -0.350 e. The van der Waals surface area contributed by atoms with Crippen molar-refractivity contribution in [3.8, 4) is 0 Å². The molecule has 0 heterocycles. The van der Waals surface area contributed by atoms with Crippen molar-refractivity contribution >= 4 is 11.7 Å². The molecule has 0 spiro atoms. The Kier molecular flexibility index (Phi) is 3.19. The van der Waals surface area contributed by atoms with Crippen molar-refractivity contribution in [1.82, 2.24) is 5.06 Å². The number of urea groups is 1. The molecule has 0 atom stereocenters. The van der Waals surface area contributed by atoms with E-state index in [0.717, 1.165) is 0 Å². The lowest BCUT2D eigenvalue weighted by atomic mass is 10.2. The van der Waals surface area contributed by atoms with Crippen LogP contribution in [0, 0.1) is 10.1 Å². The van der Waals surface area contributed by atoms with Gasteiger partial charge in [0, 0.05) is 6.07 Å². The molecule has 0 aliphatic rings. The van der Waals surface area contributed by atoms with Crippen LogP contribution in [0.5, 0.6) is 0 Å². The van der Waals surface area contributed by atoms with Crippen molar-refractivity contribution in [3.05, 3.63) is 39.9 Å². The van der Waals surface area contributed by atoms with Crippen LogP contribution in [0.15, 0.2) is 24.3 Å². The minimum absolute atomic E-state index is 0.169. The zero-order chi connectivity index (χ0) is 11.4. The number of nitro benzene ring substituents is 1. The highest BCUT2D eigenvalue weighted by atomic mass is 16.6. The Labute approximate surface area is 84.8 Å². The summed E-state index contributed by atoms with van der Waals surface area (Å²) in [5.74, 6) is 0. The van der Waals surface area contributed by atoms with E-state index < -0.39 is 11.0 Å². The summed E-state index contributed by atoms with van der Waals surface area (Å²) in [6.07, 6.45) is 0. The number of carbonyl (C=O) groups excluding carboxylic acids is 1. The molecule has 0 radical (unpaired) electrons. The number of hydrogen-bond acceptors (Lipinski definition) is 4. The Bertz CT molecular complexity index is 393. The molecule has 0 aromatic heterocycles. The molecule has 1 rings (SSSR count). The fourth-order valence-electron chi connectivity index (χ4n) is 1.06. The van der Waals surface area contributed by atoms with Gasteiger partial charge in [0.1, 0.15) is 0 Å². The molecule has 7 nitrogen and oxygen atoms in total. The van der Waals surface area contributed by atoms with Gasteiger partial charge in [-0.25, -0.2) is 9.86 Å². The van der Waals surface area contributed by atoms with E-state index in [9.17, 15) is 14.9 Å². The number of hydroxylamine groups is 2. The largest absolute Gasteiger partial charge is 0.350 e. The Morgan fingerprint density at radius 3 is 2.67 bits per heavy atom. The second-order valence-electron chi connectivity index (χ2n) is 2.78. The maximum absolute atomic E-state index is 10.6. The van der Waals surface area contributed by atoms with Gasteiger partial charge in [0.2, 0.25) is 0 Å². The Hall–Kier alpha value is -2.15. The van der Waals surface area contributed by atoms with Gasteiger partial charge in [0.05, 0.1) is 17.0 Å². The lowest BCUT2D eigenvalue weighted by Crippen LogP contribution is -2.32. The van der Waals surface area contributed by atoms with Crippen LogP contribution in [0.25, 0.3) is 0 Å². The maximum Gasteiger partial charge on any atom is 0.338 e. The van der Waals surface area contributed by atoms with Gasteiger partial charge in [0.25, 0.3) is 5.69 Å². The van der Waals surface area contributed by atoms with Crippen LogP contribution in [0.4, 0.5) is 10.5 Å². The number of nitro groups is 1. The topological polar surface area (TPSA) is 110 Å². The van der Waals surface area contributed by atoms with Gasteiger partial charge in [-0.2, -0.15) is 0 Å². The van der Waals surface area contributed by atoms with Crippen LogP contribution in [0.1, 0.15) is 5.56 Å². The van der Waals surface area contributed by atoms with Gasteiger partial charge < -0.3 is 5.73 Å². The van der Waals surface area contributed by atoms with E-state index >= 15 is 0 Å². The maximum atomic E-state index is 10.6. The molecule has 1 aromatic carbocycles. The second-order valence-corrected chi connectivity index (χ2v) is 2.78. The first kappa shape index (κ1) is 10.9. The smallest absolute Gasteiger partial charge is 0.338 e. The first-order valence-electron chi connectivity index (χ1n) is 4.00. The van der Waals surface area contributed by atoms with E-state index in [1.165, 1.54) is 18.2 Å². The number of para-hydroxylation sites is 1. The van der Waals surface area contributed by atoms with Crippen molar-refractivity contribution in [2.24, 2.45) is 5.73 Å². The van der Waals surface area contributed by atoms with E-state index in [0.29, 0.717) is 0 Å². The summed E-state index contributed by atoms with van der Waals surface area (Å²) >= 11 is 0. The number of nitrogens with zero attached hydrogens (tertiary/aromatic N) is 2. The van der Waals surface area contributed by atoms with Crippen molar-refractivity contribution < 1.29 is 14.9 Å². The summed E-state index contributed by atoms with van der Waals surface area (Å²) in [6.45, 7) is -0.313. The highest BCUT2D eigenvalue weighted by Crippen LogP contribution is 2.18. The fourth-order valence-corrected chi connectivity index (χ4v) is 1.06. The van der Waals surface area contributed by atoms with E-state index in [-0.39, 0.29) is 22.9 Å². The van der Waals surface area contributed by atoms with Gasteiger partial charge in [-0.1, -0.05) is 18.2 Å². The standard InChI is InChI=1S/C8H9N3O4/c9-8(12)10(13)5-6-3-1-2-4-7(6)11(14)15/h1-4,13H,5H2,(H2,9,12). The zero-order valence-electron chi connectivity index (χ0n) is 7.66. The van der Waals surface area contributed by atoms with Crippen LogP contribution in [0.3, 0.4) is 0 Å². The molecular formula is C8H9N3O4. The third-order valence-corrected chi connectivity index (χ3v) is 1.76. The number of carbonyl (C=O) groups is 1. The summed E-state index contributed by atoms with van der Waals surface area (Å²) < 4.78 is 0. The minimum atomic E-state index is -1.06. The lowest BCUT2D eigenvalue weighted by Gasteiger charge is -2.11. The average molecular weight is 211 g/mol. The van der Waals surface area contributed by atoms with Gasteiger partial charge in [-0.3, -0.25) is 15.3 Å². The van der Waals surface area contributed by atoms with Crippen molar-refractivity contribution in [1.29, 1.82) is 0 Å². The normalized spacial score (nSPS) is 9.67. The second kappa shape index (κ2) is 4.38. The predicted octanol–water partition coefficient (Wildman–Crippen LogP) is 0.865. The number of nitrogens with two attached hydrogens (primary N) is 1. The summed E-state index contributed by atoms with van der Waals surface area (Å²) in [5.41, 5.74) is 4.82. The molecule has 15 heavy (non-hydrogen) atoms. The molecule has 0 saturated carbocycles. The molecule has 0 bridgehead atoms. The Balaban J connectivity index is 2.94. The molecule has 0 unspecified atom stereocenters. The highest BCUT2D eigenvalue weighted by molar-refractivity contribution is 5.70. The number of rotatable bonds is 3. The third kappa shape index (κ3) is 2.64. The molecule has 2 amide bonds. The number of primary amides is 1. The first-order valence-corrected chi connectivity index (χ1v) is 4.00. The highest BCUT2D eigenvalue weighted by Gasteiger charge is 2.16. The Morgan fingerprint density at radius 2 is 2.13 bits per heavy atom. The number of benzene rings is 1. The van der Waals surface area contributed by atoms with Crippen LogP contribution in [-0.4, -0.2) is 21.2 Å². The molecule has 7 heteroatoms. The van der Waals surface area contributed by atoms with Crippen LogP contribution >= 0.6 is 0 Å². The molecule has 1 aromatic rings. The zero-order valence-corrected chi connectivity index (χ0v) is 7.66. The van der Waals surface area contributed by atoms with Gasteiger partial charge >= 0.3 is 6.03 Å². The predicted molar refractivity (Wildman–Crippen MR) is 50.0 cm³/mol. The molecule has 0 aliphatic carbocycles. The van der Waals surface area contributed by atoms with Crippen LogP contribution in [0.2, 0.25) is 0 Å². The Morgan fingerprint density at radius 1 is 1.53 bits per heavy atom. The van der Waals surface area contributed by atoms with Crippen LogP contribution in [-0.2, 0) is 6.54 Å². The third-order valence-electron chi connectivity index (χ3n) is 1.76. The molecular weight excluding hydrogens is 202 g/mol. The van der Waals surface area contributed by atoms with Crippen molar-refractivity contribution in [2.45, 2.75) is 6.54 Å².